The van der Waals surface area contributed by atoms with Crippen LogP contribution < -0.4 is 10.6 Å². The zero-order chi connectivity index (χ0) is 18.4. The Bertz CT molecular complexity index is 748. The molecular weight excluding hydrogens is 337 g/mol. The molecule has 2 aromatic rings. The highest BCUT2D eigenvalue weighted by Gasteiger charge is 2.23. The molecule has 0 aliphatic heterocycles. The first-order valence-electron chi connectivity index (χ1n) is 8.62. The van der Waals surface area contributed by atoms with Gasteiger partial charge in [0.25, 0.3) is 5.91 Å². The number of aliphatic hydroxyl groups is 1. The number of nitrogens with zero attached hydrogens (tertiary/aromatic N) is 1. The number of anilines is 1. The van der Waals surface area contributed by atoms with Crippen LogP contribution in [0.5, 0.6) is 0 Å². The van der Waals surface area contributed by atoms with E-state index in [1.165, 1.54) is 12.3 Å². The summed E-state index contributed by atoms with van der Waals surface area (Å²) in [6.45, 7) is 0.641. The van der Waals surface area contributed by atoms with Crippen LogP contribution >= 0.6 is 0 Å². The van der Waals surface area contributed by atoms with E-state index in [1.54, 1.807) is 18.2 Å². The number of nitrogens with one attached hydrogen (secondary N) is 2. The molecule has 0 unspecified atom stereocenters. The third kappa shape index (κ3) is 5.24. The maximum Gasteiger partial charge on any atom is 0.253 e. The Morgan fingerprint density at radius 3 is 2.81 bits per heavy atom. The molecule has 6 nitrogen and oxygen atoms in total. The first-order valence-corrected chi connectivity index (χ1v) is 8.62. The Balaban J connectivity index is 1.51. The van der Waals surface area contributed by atoms with Gasteiger partial charge in [0.15, 0.2) is 0 Å². The van der Waals surface area contributed by atoms with Gasteiger partial charge in [-0.25, -0.2) is 9.37 Å². The average Bonchev–Trinajstić information content (AvgIpc) is 3.46. The highest BCUT2D eigenvalue weighted by atomic mass is 19.1. The van der Waals surface area contributed by atoms with Crippen molar-refractivity contribution in [1.82, 2.24) is 10.3 Å². The summed E-state index contributed by atoms with van der Waals surface area (Å²) in [6, 6.07) is 8.69. The number of ether oxygens (including phenoxy) is 1. The van der Waals surface area contributed by atoms with Crippen molar-refractivity contribution in [3.63, 3.8) is 0 Å². The van der Waals surface area contributed by atoms with Crippen LogP contribution in [-0.4, -0.2) is 35.3 Å². The maximum absolute atomic E-state index is 14.0. The normalized spacial score (nSPS) is 13.5. The van der Waals surface area contributed by atoms with Crippen molar-refractivity contribution >= 4 is 11.7 Å². The molecule has 0 atom stereocenters. The lowest BCUT2D eigenvalue weighted by atomic mass is 10.1. The second kappa shape index (κ2) is 8.73. The van der Waals surface area contributed by atoms with Crippen LogP contribution in [-0.2, 0) is 17.9 Å². The first kappa shape index (κ1) is 18.3. The number of hydrogen-bond acceptors (Lipinski definition) is 5. The molecule has 0 bridgehead atoms. The third-order valence-electron chi connectivity index (χ3n) is 4.02. The van der Waals surface area contributed by atoms with E-state index in [-0.39, 0.29) is 31.5 Å². The Morgan fingerprint density at radius 2 is 2.15 bits per heavy atom. The number of carbonyl (C=O) groups is 1. The highest BCUT2D eigenvalue weighted by Crippen LogP contribution is 2.19. The molecule has 1 aliphatic carbocycles. The fraction of sp³-hybridized carbons (Fsp3) is 0.368. The molecule has 7 heteroatoms. The minimum Gasteiger partial charge on any atom is -0.394 e. The van der Waals surface area contributed by atoms with E-state index in [0.717, 1.165) is 18.4 Å². The lowest BCUT2D eigenvalue weighted by molar-refractivity contribution is 0.0799. The van der Waals surface area contributed by atoms with Crippen LogP contribution in [0.1, 0.15) is 34.3 Å². The number of amides is 1. The maximum atomic E-state index is 14.0. The number of carbonyl (C=O) groups excluding carboxylic acids is 1. The predicted octanol–water partition coefficient (Wildman–Crippen LogP) is 2.23. The van der Waals surface area contributed by atoms with Crippen LogP contribution in [0, 0.1) is 5.82 Å². The van der Waals surface area contributed by atoms with Gasteiger partial charge in [-0.3, -0.25) is 4.79 Å². The minimum atomic E-state index is -0.345. The van der Waals surface area contributed by atoms with Crippen LogP contribution in [0.15, 0.2) is 36.5 Å². The van der Waals surface area contributed by atoms with E-state index >= 15 is 0 Å². The minimum absolute atomic E-state index is 0.0857. The molecule has 26 heavy (non-hydrogen) atoms. The summed E-state index contributed by atoms with van der Waals surface area (Å²) < 4.78 is 19.2. The summed E-state index contributed by atoms with van der Waals surface area (Å²) in [4.78, 5) is 16.1. The molecular formula is C19H22FN3O3. The zero-order valence-corrected chi connectivity index (χ0v) is 14.4. The lowest BCUT2D eigenvalue weighted by Gasteiger charge is -2.09. The first-order chi connectivity index (χ1) is 12.7. The second-order valence-electron chi connectivity index (χ2n) is 6.24. The molecule has 3 rings (SSSR count). The van der Waals surface area contributed by atoms with Gasteiger partial charge in [0.1, 0.15) is 11.6 Å². The average molecular weight is 359 g/mol. The van der Waals surface area contributed by atoms with Crippen LogP contribution in [0.2, 0.25) is 0 Å². The summed E-state index contributed by atoms with van der Waals surface area (Å²) in [5, 5.41) is 14.7. The summed E-state index contributed by atoms with van der Waals surface area (Å²) in [7, 11) is 0. The van der Waals surface area contributed by atoms with Crippen molar-refractivity contribution in [2.75, 3.05) is 18.5 Å². The van der Waals surface area contributed by atoms with Gasteiger partial charge in [-0.05, 0) is 36.6 Å². The number of benzene rings is 1. The van der Waals surface area contributed by atoms with Crippen molar-refractivity contribution in [2.45, 2.75) is 32.0 Å². The molecule has 0 spiro atoms. The smallest absolute Gasteiger partial charge is 0.253 e. The molecule has 138 valence electrons. The molecule has 0 radical (unpaired) electrons. The number of aliphatic hydroxyl groups excluding tert-OH is 1. The van der Waals surface area contributed by atoms with Crippen LogP contribution in [0.3, 0.4) is 0 Å². The predicted molar refractivity (Wildman–Crippen MR) is 95.2 cm³/mol. The number of rotatable bonds is 9. The molecule has 1 saturated carbocycles. The quantitative estimate of drug-likeness (QED) is 0.598. The van der Waals surface area contributed by atoms with Crippen molar-refractivity contribution in [2.24, 2.45) is 0 Å². The summed E-state index contributed by atoms with van der Waals surface area (Å²) >= 11 is 0. The molecule has 1 aromatic carbocycles. The Kier molecular flexibility index (Phi) is 6.14. The topological polar surface area (TPSA) is 83.5 Å². The molecule has 1 fully saturated rings. The van der Waals surface area contributed by atoms with E-state index in [1.807, 2.05) is 6.07 Å². The van der Waals surface area contributed by atoms with Gasteiger partial charge in [0.2, 0.25) is 0 Å². The van der Waals surface area contributed by atoms with Gasteiger partial charge in [-0.15, -0.1) is 0 Å². The molecule has 0 saturated heterocycles. The number of halogens is 1. The van der Waals surface area contributed by atoms with Gasteiger partial charge in [0.05, 0.1) is 25.4 Å². The SMILES string of the molecule is O=C(NC1CC1)c1ccc(NCc2ccc(COCCO)c(F)c2)nc1. The Labute approximate surface area is 151 Å². The van der Waals surface area contributed by atoms with E-state index in [0.29, 0.717) is 29.5 Å². The highest BCUT2D eigenvalue weighted by molar-refractivity contribution is 5.94. The second-order valence-corrected chi connectivity index (χ2v) is 6.24. The fourth-order valence-corrected chi connectivity index (χ4v) is 2.39. The molecule has 1 aliphatic rings. The fourth-order valence-electron chi connectivity index (χ4n) is 2.39. The van der Waals surface area contributed by atoms with Gasteiger partial charge in [-0.1, -0.05) is 12.1 Å². The van der Waals surface area contributed by atoms with Crippen molar-refractivity contribution < 1.29 is 19.0 Å². The number of pyridine rings is 1. The summed E-state index contributed by atoms with van der Waals surface area (Å²) in [5.74, 6) is 0.165. The number of hydrogen-bond donors (Lipinski definition) is 3. The largest absolute Gasteiger partial charge is 0.394 e. The lowest BCUT2D eigenvalue weighted by Crippen LogP contribution is -2.25. The van der Waals surface area contributed by atoms with Gasteiger partial charge in [0, 0.05) is 24.3 Å². The van der Waals surface area contributed by atoms with Crippen molar-refractivity contribution in [1.29, 1.82) is 0 Å². The Morgan fingerprint density at radius 1 is 1.31 bits per heavy atom. The van der Waals surface area contributed by atoms with Gasteiger partial charge < -0.3 is 20.5 Å². The van der Waals surface area contributed by atoms with E-state index in [2.05, 4.69) is 15.6 Å². The van der Waals surface area contributed by atoms with Crippen molar-refractivity contribution in [3.05, 3.63) is 59.0 Å². The molecule has 3 N–H and O–H groups in total. The molecule has 1 aromatic heterocycles. The summed E-state index contributed by atoms with van der Waals surface area (Å²) in [6.07, 6.45) is 3.62. The van der Waals surface area contributed by atoms with E-state index in [9.17, 15) is 9.18 Å². The van der Waals surface area contributed by atoms with E-state index < -0.39 is 0 Å². The van der Waals surface area contributed by atoms with Gasteiger partial charge >= 0.3 is 0 Å². The van der Waals surface area contributed by atoms with E-state index in [4.69, 9.17) is 9.84 Å². The third-order valence-corrected chi connectivity index (χ3v) is 4.02. The Hall–Kier alpha value is -2.51. The zero-order valence-electron chi connectivity index (χ0n) is 14.4. The monoisotopic (exact) mass is 359 g/mol. The van der Waals surface area contributed by atoms with Crippen LogP contribution in [0.25, 0.3) is 0 Å². The van der Waals surface area contributed by atoms with Crippen molar-refractivity contribution in [3.8, 4) is 0 Å². The summed E-state index contributed by atoms with van der Waals surface area (Å²) in [5.41, 5.74) is 1.75. The van der Waals surface area contributed by atoms with Crippen LogP contribution in [0.4, 0.5) is 10.2 Å². The molecule has 1 heterocycles. The molecule has 1 amide bonds. The number of aromatic nitrogens is 1. The van der Waals surface area contributed by atoms with Gasteiger partial charge in [-0.2, -0.15) is 0 Å². The standard InChI is InChI=1S/C19H22FN3O3/c20-17-9-13(1-2-15(17)12-26-8-7-24)10-21-18-6-3-14(11-22-18)19(25)23-16-4-5-16/h1-3,6,9,11,16,24H,4-5,7-8,10,12H2,(H,21,22)(H,23,25).